The summed E-state index contributed by atoms with van der Waals surface area (Å²) in [5, 5.41) is 20.6. The van der Waals surface area contributed by atoms with Crippen molar-refractivity contribution in [1.29, 1.82) is 0 Å². The van der Waals surface area contributed by atoms with Crippen molar-refractivity contribution in [1.82, 2.24) is 20.4 Å². The van der Waals surface area contributed by atoms with Crippen LogP contribution in [0, 0.1) is 0 Å². The molecular formula is C17H26IN5O2. The highest BCUT2D eigenvalue weighted by Gasteiger charge is 2.04. The van der Waals surface area contributed by atoms with E-state index >= 15 is 0 Å². The van der Waals surface area contributed by atoms with Crippen LogP contribution in [0.5, 0.6) is 11.5 Å². The fourth-order valence-corrected chi connectivity index (χ4v) is 2.26. The van der Waals surface area contributed by atoms with E-state index in [1.54, 1.807) is 19.4 Å². The van der Waals surface area contributed by atoms with Gasteiger partial charge >= 0.3 is 0 Å². The zero-order valence-electron chi connectivity index (χ0n) is 14.8. The molecule has 0 fully saturated rings. The second-order valence-corrected chi connectivity index (χ2v) is 5.31. The second-order valence-electron chi connectivity index (χ2n) is 5.31. The number of ether oxygens (including phenoxy) is 1. The average Bonchev–Trinajstić information content (AvgIpc) is 2.99. The van der Waals surface area contributed by atoms with Crippen molar-refractivity contribution in [3.05, 3.63) is 41.7 Å². The van der Waals surface area contributed by atoms with E-state index in [9.17, 15) is 5.11 Å². The van der Waals surface area contributed by atoms with Gasteiger partial charge in [-0.3, -0.25) is 4.68 Å². The Balaban J connectivity index is 0.00000312. The molecule has 0 aliphatic rings. The number of phenols is 1. The minimum atomic E-state index is 0. The summed E-state index contributed by atoms with van der Waals surface area (Å²) in [6, 6.07) is 7.28. The van der Waals surface area contributed by atoms with E-state index in [0.29, 0.717) is 25.3 Å². The first-order valence-electron chi connectivity index (χ1n) is 7.99. The summed E-state index contributed by atoms with van der Waals surface area (Å²) < 4.78 is 6.90. The molecule has 0 bridgehead atoms. The van der Waals surface area contributed by atoms with Crippen molar-refractivity contribution < 1.29 is 9.84 Å². The van der Waals surface area contributed by atoms with Crippen LogP contribution >= 0.6 is 24.0 Å². The topological polar surface area (TPSA) is 83.7 Å². The van der Waals surface area contributed by atoms with Crippen molar-refractivity contribution in [2.45, 2.75) is 19.9 Å². The summed E-state index contributed by atoms with van der Waals surface area (Å²) in [6.07, 6.45) is 2.45. The lowest BCUT2D eigenvalue weighted by atomic mass is 10.1. The number of aromatic hydroxyl groups is 1. The lowest BCUT2D eigenvalue weighted by Crippen LogP contribution is -2.38. The third-order valence-corrected chi connectivity index (χ3v) is 3.65. The minimum absolute atomic E-state index is 0. The molecule has 1 heterocycles. The van der Waals surface area contributed by atoms with Gasteiger partial charge in [0.1, 0.15) is 11.5 Å². The highest BCUT2D eigenvalue weighted by molar-refractivity contribution is 14.0. The van der Waals surface area contributed by atoms with E-state index in [4.69, 9.17) is 4.74 Å². The number of aromatic nitrogens is 2. The van der Waals surface area contributed by atoms with E-state index in [-0.39, 0.29) is 29.7 Å². The average molecular weight is 459 g/mol. The summed E-state index contributed by atoms with van der Waals surface area (Å²) in [4.78, 5) is 4.55. The maximum absolute atomic E-state index is 9.99. The highest BCUT2D eigenvalue weighted by atomic mass is 127. The Morgan fingerprint density at radius 3 is 2.72 bits per heavy atom. The monoisotopic (exact) mass is 459 g/mol. The summed E-state index contributed by atoms with van der Waals surface area (Å²) in [7, 11) is 3.48. The Kier molecular flexibility index (Phi) is 9.11. The maximum atomic E-state index is 9.99. The largest absolute Gasteiger partial charge is 0.508 e. The zero-order chi connectivity index (χ0) is 17.4. The van der Waals surface area contributed by atoms with E-state index in [1.807, 2.05) is 36.9 Å². The van der Waals surface area contributed by atoms with Gasteiger partial charge in [0, 0.05) is 32.4 Å². The third kappa shape index (κ3) is 6.45. The Bertz CT molecular complexity index is 687. The van der Waals surface area contributed by atoms with Gasteiger partial charge in [-0.2, -0.15) is 5.10 Å². The number of hydrogen-bond donors (Lipinski definition) is 3. The lowest BCUT2D eigenvalue weighted by Gasteiger charge is -2.12. The zero-order valence-corrected chi connectivity index (χ0v) is 17.2. The van der Waals surface area contributed by atoms with Gasteiger partial charge in [-0.1, -0.05) is 6.07 Å². The second kappa shape index (κ2) is 10.8. The molecule has 0 saturated carbocycles. The highest BCUT2D eigenvalue weighted by Crippen LogP contribution is 2.23. The predicted octanol–water partition coefficient (Wildman–Crippen LogP) is 2.05. The maximum Gasteiger partial charge on any atom is 0.191 e. The number of nitrogens with one attached hydrogen (secondary N) is 2. The van der Waals surface area contributed by atoms with Gasteiger partial charge in [-0.05, 0) is 31.0 Å². The van der Waals surface area contributed by atoms with Crippen LogP contribution in [0.1, 0.15) is 18.2 Å². The van der Waals surface area contributed by atoms with E-state index in [2.05, 4.69) is 20.7 Å². The summed E-state index contributed by atoms with van der Waals surface area (Å²) >= 11 is 0. The molecule has 0 atom stereocenters. The first-order valence-corrected chi connectivity index (χ1v) is 7.99. The molecule has 0 amide bonds. The fourth-order valence-electron chi connectivity index (χ4n) is 2.26. The van der Waals surface area contributed by atoms with Gasteiger partial charge in [0.2, 0.25) is 0 Å². The molecule has 138 valence electrons. The van der Waals surface area contributed by atoms with Crippen molar-refractivity contribution >= 4 is 29.9 Å². The molecule has 0 radical (unpaired) electrons. The molecule has 25 heavy (non-hydrogen) atoms. The van der Waals surface area contributed by atoms with E-state index in [1.165, 1.54) is 0 Å². The summed E-state index contributed by atoms with van der Waals surface area (Å²) in [5.74, 6) is 1.63. The molecule has 7 nitrogen and oxygen atoms in total. The fraction of sp³-hybridized carbons (Fsp3) is 0.412. The molecule has 3 N–H and O–H groups in total. The third-order valence-electron chi connectivity index (χ3n) is 3.65. The number of guanidine groups is 1. The van der Waals surface area contributed by atoms with Crippen molar-refractivity contribution in [3.8, 4) is 11.5 Å². The van der Waals surface area contributed by atoms with Crippen LogP contribution in [0.3, 0.4) is 0 Å². The van der Waals surface area contributed by atoms with Crippen LogP contribution < -0.4 is 15.4 Å². The number of hydrogen-bond acceptors (Lipinski definition) is 4. The van der Waals surface area contributed by atoms with Crippen LogP contribution in [-0.2, 0) is 20.0 Å². The van der Waals surface area contributed by atoms with Gasteiger partial charge in [0.25, 0.3) is 0 Å². The molecule has 1 aromatic heterocycles. The first kappa shape index (κ1) is 21.1. The standard InChI is InChI=1S/C17H25N5O2.HI/c1-4-18-17(20-12-14-8-10-21-22(14)2)19-9-7-13-5-6-15(24-3)11-16(13)23;/h5-6,8,10-11,23H,4,7,9,12H2,1-3H3,(H2,18,19,20);1H. The molecule has 0 aliphatic heterocycles. The molecule has 0 spiro atoms. The van der Waals surface area contributed by atoms with Gasteiger partial charge in [-0.25, -0.2) is 4.99 Å². The number of halogens is 1. The number of phenolic OH excluding ortho intramolecular Hbond substituents is 1. The SMILES string of the molecule is CCNC(=NCc1ccnn1C)NCCc1ccc(OC)cc1O.I. The van der Waals surface area contributed by atoms with Gasteiger partial charge in [0.15, 0.2) is 5.96 Å². The lowest BCUT2D eigenvalue weighted by molar-refractivity contribution is 0.406. The number of rotatable bonds is 7. The van der Waals surface area contributed by atoms with Gasteiger partial charge in [-0.15, -0.1) is 24.0 Å². The quantitative estimate of drug-likeness (QED) is 0.336. The molecular weight excluding hydrogens is 433 g/mol. The molecule has 0 aliphatic carbocycles. The molecule has 2 aromatic rings. The Labute approximate surface area is 165 Å². The normalized spacial score (nSPS) is 10.9. The summed E-state index contributed by atoms with van der Waals surface area (Å²) in [6.45, 7) is 4.03. The van der Waals surface area contributed by atoms with Crippen molar-refractivity contribution in [2.75, 3.05) is 20.2 Å². The number of nitrogens with zero attached hydrogens (tertiary/aromatic N) is 3. The summed E-state index contributed by atoms with van der Waals surface area (Å²) in [5.41, 5.74) is 1.91. The van der Waals surface area contributed by atoms with Gasteiger partial charge in [0.05, 0.1) is 19.3 Å². The number of benzene rings is 1. The molecule has 1 aromatic carbocycles. The number of methoxy groups -OCH3 is 1. The van der Waals surface area contributed by atoms with E-state index < -0.39 is 0 Å². The number of aryl methyl sites for hydroxylation is 1. The predicted molar refractivity (Wildman–Crippen MR) is 110 cm³/mol. The van der Waals surface area contributed by atoms with Crippen molar-refractivity contribution in [3.63, 3.8) is 0 Å². The van der Waals surface area contributed by atoms with Crippen LogP contribution in [0.2, 0.25) is 0 Å². The Hall–Kier alpha value is -1.97. The number of aliphatic imine (C=N–C) groups is 1. The van der Waals surface area contributed by atoms with Crippen LogP contribution in [0.15, 0.2) is 35.5 Å². The smallest absolute Gasteiger partial charge is 0.191 e. The Morgan fingerprint density at radius 2 is 2.12 bits per heavy atom. The minimum Gasteiger partial charge on any atom is -0.508 e. The first-order chi connectivity index (χ1) is 11.6. The van der Waals surface area contributed by atoms with Crippen LogP contribution in [0.25, 0.3) is 0 Å². The van der Waals surface area contributed by atoms with Crippen LogP contribution in [-0.4, -0.2) is 41.0 Å². The molecule has 8 heteroatoms. The van der Waals surface area contributed by atoms with E-state index in [0.717, 1.165) is 23.8 Å². The Morgan fingerprint density at radius 1 is 1.32 bits per heavy atom. The molecule has 2 rings (SSSR count). The van der Waals surface area contributed by atoms with Crippen LogP contribution in [0.4, 0.5) is 0 Å². The van der Waals surface area contributed by atoms with Gasteiger partial charge < -0.3 is 20.5 Å². The molecule has 0 unspecified atom stereocenters. The molecule has 0 saturated heterocycles. The van der Waals surface area contributed by atoms with Crippen molar-refractivity contribution in [2.24, 2.45) is 12.0 Å².